The highest BCUT2D eigenvalue weighted by atomic mass is 19.1. The Morgan fingerprint density at radius 2 is 1.66 bits per heavy atom. The summed E-state index contributed by atoms with van der Waals surface area (Å²) in [7, 11) is 0. The summed E-state index contributed by atoms with van der Waals surface area (Å²) in [6.07, 6.45) is 0. The van der Waals surface area contributed by atoms with Crippen LogP contribution in [0.5, 0.6) is 5.75 Å². The molecule has 0 radical (unpaired) electrons. The fourth-order valence-corrected chi connectivity index (χ4v) is 3.80. The summed E-state index contributed by atoms with van der Waals surface area (Å²) in [5, 5.41) is 12.2. The zero-order chi connectivity index (χ0) is 25.1. The third kappa shape index (κ3) is 5.38. The smallest absolute Gasteiger partial charge is 0.335 e. The molecule has 1 heterocycles. The summed E-state index contributed by atoms with van der Waals surface area (Å²) in [6.45, 7) is 3.30. The van der Waals surface area contributed by atoms with Crippen LogP contribution in [0.3, 0.4) is 0 Å². The molecule has 0 saturated carbocycles. The molecular formula is C27H22F2N2O4. The van der Waals surface area contributed by atoms with Crippen LogP contribution in [0.15, 0.2) is 72.8 Å². The number of aryl methyl sites for hydroxylation is 1. The molecule has 8 heteroatoms. The second-order valence-electron chi connectivity index (χ2n) is 8.01. The van der Waals surface area contributed by atoms with E-state index in [1.807, 2.05) is 13.0 Å². The monoisotopic (exact) mass is 476 g/mol. The number of hydrogen-bond acceptors (Lipinski definition) is 3. The summed E-state index contributed by atoms with van der Waals surface area (Å²) in [5.74, 6) is -1.93. The van der Waals surface area contributed by atoms with Crippen molar-refractivity contribution >= 4 is 17.6 Å². The fourth-order valence-electron chi connectivity index (χ4n) is 3.80. The van der Waals surface area contributed by atoms with Crippen molar-refractivity contribution in [1.82, 2.24) is 4.57 Å². The lowest BCUT2D eigenvalue weighted by Gasteiger charge is -2.17. The highest BCUT2D eigenvalue weighted by Gasteiger charge is 2.18. The second-order valence-corrected chi connectivity index (χ2v) is 8.01. The van der Waals surface area contributed by atoms with Crippen molar-refractivity contribution in [2.45, 2.75) is 20.5 Å². The SMILES string of the molecule is CC(=O)Nc1cc(C(=O)O)cc(-n2c(C)ccc2-c2cc(F)ccc2OCc2ccc(F)cc2)c1. The molecule has 0 spiro atoms. The summed E-state index contributed by atoms with van der Waals surface area (Å²) in [5.41, 5.74) is 3.28. The predicted octanol–water partition coefficient (Wildman–Crippen LogP) is 5.97. The molecule has 178 valence electrons. The molecule has 0 aliphatic heterocycles. The molecule has 0 unspecified atom stereocenters. The van der Waals surface area contributed by atoms with Gasteiger partial charge in [0.2, 0.25) is 5.91 Å². The molecule has 0 atom stereocenters. The number of halogens is 2. The Hall–Kier alpha value is -4.46. The molecule has 0 aliphatic carbocycles. The van der Waals surface area contributed by atoms with E-state index in [1.54, 1.807) is 28.8 Å². The number of hydrogen-bond donors (Lipinski definition) is 2. The van der Waals surface area contributed by atoms with E-state index >= 15 is 0 Å². The lowest BCUT2D eigenvalue weighted by molar-refractivity contribution is -0.114. The molecule has 2 N–H and O–H groups in total. The molecule has 0 bridgehead atoms. The van der Waals surface area contributed by atoms with Crippen LogP contribution in [-0.2, 0) is 11.4 Å². The van der Waals surface area contributed by atoms with E-state index < -0.39 is 11.8 Å². The summed E-state index contributed by atoms with van der Waals surface area (Å²) in [4.78, 5) is 23.3. The van der Waals surface area contributed by atoms with Gasteiger partial charge in [0.1, 0.15) is 24.0 Å². The maximum Gasteiger partial charge on any atom is 0.335 e. The first kappa shape index (κ1) is 23.7. The second kappa shape index (κ2) is 9.80. The van der Waals surface area contributed by atoms with Gasteiger partial charge in [0.15, 0.2) is 0 Å². The standard InChI is InChI=1S/C27H22F2N2O4/c1-16-3-9-25(31(16)23-12-19(27(33)34)11-22(14-23)30-17(2)32)24-13-21(29)8-10-26(24)35-15-18-4-6-20(28)7-5-18/h3-14H,15H2,1-2H3,(H,30,32)(H,33,34). The van der Waals surface area contributed by atoms with Gasteiger partial charge in [0.25, 0.3) is 0 Å². The minimum atomic E-state index is -1.15. The van der Waals surface area contributed by atoms with Gasteiger partial charge >= 0.3 is 5.97 Å². The zero-order valence-electron chi connectivity index (χ0n) is 19.0. The van der Waals surface area contributed by atoms with Gasteiger partial charge in [-0.1, -0.05) is 12.1 Å². The van der Waals surface area contributed by atoms with Crippen molar-refractivity contribution in [3.63, 3.8) is 0 Å². The molecule has 6 nitrogen and oxygen atoms in total. The van der Waals surface area contributed by atoms with Crippen molar-refractivity contribution in [1.29, 1.82) is 0 Å². The van der Waals surface area contributed by atoms with E-state index in [0.29, 0.717) is 28.4 Å². The lowest BCUT2D eigenvalue weighted by Crippen LogP contribution is -2.09. The van der Waals surface area contributed by atoms with Crippen LogP contribution in [0, 0.1) is 18.6 Å². The molecule has 35 heavy (non-hydrogen) atoms. The highest BCUT2D eigenvalue weighted by Crippen LogP contribution is 2.35. The molecule has 4 rings (SSSR count). The largest absolute Gasteiger partial charge is 0.488 e. The van der Waals surface area contributed by atoms with Gasteiger partial charge in [-0.2, -0.15) is 0 Å². The van der Waals surface area contributed by atoms with Gasteiger partial charge in [-0.15, -0.1) is 0 Å². The van der Waals surface area contributed by atoms with Gasteiger partial charge in [-0.3, -0.25) is 4.79 Å². The molecular weight excluding hydrogens is 454 g/mol. The van der Waals surface area contributed by atoms with E-state index in [4.69, 9.17) is 4.74 Å². The van der Waals surface area contributed by atoms with Crippen LogP contribution in [0.2, 0.25) is 0 Å². The van der Waals surface area contributed by atoms with Crippen molar-refractivity contribution < 1.29 is 28.2 Å². The lowest BCUT2D eigenvalue weighted by atomic mass is 10.1. The maximum atomic E-state index is 14.3. The van der Waals surface area contributed by atoms with E-state index in [1.165, 1.54) is 49.4 Å². The first-order valence-electron chi connectivity index (χ1n) is 10.7. The first-order valence-corrected chi connectivity index (χ1v) is 10.7. The number of rotatable bonds is 7. The number of ether oxygens (including phenoxy) is 1. The summed E-state index contributed by atoms with van der Waals surface area (Å²) in [6, 6.07) is 18.1. The quantitative estimate of drug-likeness (QED) is 0.345. The number of nitrogens with zero attached hydrogens (tertiary/aromatic N) is 1. The normalized spacial score (nSPS) is 10.7. The highest BCUT2D eigenvalue weighted by molar-refractivity contribution is 5.94. The van der Waals surface area contributed by atoms with Gasteiger partial charge in [-0.25, -0.2) is 13.6 Å². The van der Waals surface area contributed by atoms with Crippen molar-refractivity contribution in [2.75, 3.05) is 5.32 Å². The van der Waals surface area contributed by atoms with Crippen LogP contribution in [0.1, 0.15) is 28.5 Å². The minimum Gasteiger partial charge on any atom is -0.488 e. The van der Waals surface area contributed by atoms with Crippen LogP contribution < -0.4 is 10.1 Å². The van der Waals surface area contributed by atoms with Gasteiger partial charge in [0.05, 0.1) is 11.3 Å². The Morgan fingerprint density at radius 1 is 0.943 bits per heavy atom. The molecule has 0 aliphatic rings. The fraction of sp³-hybridized carbons (Fsp3) is 0.111. The maximum absolute atomic E-state index is 14.3. The number of nitrogens with one attached hydrogen (secondary N) is 1. The van der Waals surface area contributed by atoms with Crippen LogP contribution in [0.25, 0.3) is 16.9 Å². The number of carbonyl (C=O) groups is 2. The minimum absolute atomic E-state index is 0.0164. The van der Waals surface area contributed by atoms with Crippen LogP contribution in [0.4, 0.5) is 14.5 Å². The molecule has 1 aromatic heterocycles. The number of amides is 1. The Morgan fingerprint density at radius 3 is 2.34 bits per heavy atom. The molecule has 1 amide bonds. The zero-order valence-corrected chi connectivity index (χ0v) is 19.0. The first-order chi connectivity index (χ1) is 16.7. The number of aromatic carboxylic acids is 1. The Balaban J connectivity index is 1.79. The summed E-state index contributed by atoms with van der Waals surface area (Å²) >= 11 is 0. The third-order valence-corrected chi connectivity index (χ3v) is 5.34. The topological polar surface area (TPSA) is 80.6 Å². The van der Waals surface area contributed by atoms with Gasteiger partial charge in [-0.05, 0) is 73.2 Å². The molecule has 4 aromatic rings. The average Bonchev–Trinajstić information content (AvgIpc) is 3.19. The molecule has 0 fully saturated rings. The number of carboxylic acids is 1. The number of carbonyl (C=O) groups excluding carboxylic acids is 1. The molecule has 3 aromatic carbocycles. The van der Waals surface area contributed by atoms with E-state index in [2.05, 4.69) is 5.32 Å². The van der Waals surface area contributed by atoms with E-state index in [0.717, 1.165) is 11.3 Å². The molecule has 0 saturated heterocycles. The van der Waals surface area contributed by atoms with Crippen molar-refractivity contribution in [2.24, 2.45) is 0 Å². The predicted molar refractivity (Wildman–Crippen MR) is 128 cm³/mol. The number of anilines is 1. The van der Waals surface area contributed by atoms with Gasteiger partial charge < -0.3 is 19.7 Å². The number of carboxylic acid groups (broad SMARTS) is 1. The number of benzene rings is 3. The summed E-state index contributed by atoms with van der Waals surface area (Å²) < 4.78 is 35.3. The Bertz CT molecular complexity index is 1410. The third-order valence-electron chi connectivity index (χ3n) is 5.34. The van der Waals surface area contributed by atoms with E-state index in [9.17, 15) is 23.5 Å². The van der Waals surface area contributed by atoms with Crippen molar-refractivity contribution in [3.05, 3.63) is 101 Å². The van der Waals surface area contributed by atoms with Gasteiger partial charge in [0, 0.05) is 29.6 Å². The number of aromatic nitrogens is 1. The Labute approximate surface area is 200 Å². The Kier molecular flexibility index (Phi) is 6.64. The van der Waals surface area contributed by atoms with Crippen LogP contribution in [-0.4, -0.2) is 21.6 Å². The van der Waals surface area contributed by atoms with Crippen molar-refractivity contribution in [3.8, 4) is 22.7 Å². The average molecular weight is 476 g/mol. The van der Waals surface area contributed by atoms with Crippen LogP contribution >= 0.6 is 0 Å². The van der Waals surface area contributed by atoms with E-state index in [-0.39, 0.29) is 23.9 Å².